The molecular weight excluding hydrogens is 229 g/mol. The van der Waals surface area contributed by atoms with Crippen LogP contribution in [0, 0.1) is 5.82 Å². The normalized spacial score (nSPS) is 17.8. The molecule has 0 atom stereocenters. The number of halogens is 1. The van der Waals surface area contributed by atoms with E-state index in [9.17, 15) is 12.8 Å². The van der Waals surface area contributed by atoms with E-state index in [0.29, 0.717) is 12.8 Å². The molecule has 0 heterocycles. The number of anilines is 1. The third-order valence-electron chi connectivity index (χ3n) is 3.02. The summed E-state index contributed by atoms with van der Waals surface area (Å²) < 4.78 is 37.2. The van der Waals surface area contributed by atoms with Crippen molar-refractivity contribution < 1.29 is 12.8 Å². The number of nitrogens with two attached hydrogens (primary N) is 1. The van der Waals surface area contributed by atoms with E-state index in [4.69, 9.17) is 5.73 Å². The fraction of sp³-hybridized carbons (Fsp3) is 0.455. The first kappa shape index (κ1) is 11.4. The van der Waals surface area contributed by atoms with Gasteiger partial charge in [0, 0.05) is 0 Å². The van der Waals surface area contributed by atoms with Gasteiger partial charge in [0.25, 0.3) is 0 Å². The molecule has 1 aliphatic carbocycles. The maximum Gasteiger partial charge on any atom is 0.183 e. The smallest absolute Gasteiger partial charge is 0.183 e. The van der Waals surface area contributed by atoms with Crippen molar-refractivity contribution >= 4 is 15.5 Å². The summed E-state index contributed by atoms with van der Waals surface area (Å²) in [5, 5.41) is -0.347. The molecule has 88 valence electrons. The summed E-state index contributed by atoms with van der Waals surface area (Å²) in [6, 6.07) is 3.46. The van der Waals surface area contributed by atoms with Gasteiger partial charge in [0.2, 0.25) is 0 Å². The Morgan fingerprint density at radius 3 is 2.44 bits per heavy atom. The second-order valence-electron chi connectivity index (χ2n) is 4.13. The highest BCUT2D eigenvalue weighted by Gasteiger charge is 2.31. The van der Waals surface area contributed by atoms with E-state index in [1.807, 2.05) is 0 Å². The van der Waals surface area contributed by atoms with Gasteiger partial charge in [-0.25, -0.2) is 12.8 Å². The molecule has 0 aromatic heterocycles. The van der Waals surface area contributed by atoms with Crippen LogP contribution in [0.2, 0.25) is 0 Å². The number of rotatable bonds is 2. The molecule has 0 saturated heterocycles. The highest BCUT2D eigenvalue weighted by Crippen LogP contribution is 2.32. The lowest BCUT2D eigenvalue weighted by molar-refractivity contribution is 0.579. The Bertz CT molecular complexity index is 493. The maximum atomic E-state index is 12.8. The van der Waals surface area contributed by atoms with E-state index < -0.39 is 15.7 Å². The number of benzene rings is 1. The van der Waals surface area contributed by atoms with Crippen molar-refractivity contribution in [2.45, 2.75) is 35.8 Å². The fourth-order valence-corrected chi connectivity index (χ4v) is 4.11. The molecule has 1 saturated carbocycles. The van der Waals surface area contributed by atoms with Gasteiger partial charge < -0.3 is 5.73 Å². The minimum absolute atomic E-state index is 0.00639. The predicted molar refractivity (Wildman–Crippen MR) is 60.3 cm³/mol. The topological polar surface area (TPSA) is 60.2 Å². The molecule has 0 aliphatic heterocycles. The van der Waals surface area contributed by atoms with E-state index in [-0.39, 0.29) is 15.8 Å². The largest absolute Gasteiger partial charge is 0.398 e. The lowest BCUT2D eigenvalue weighted by atomic mass is 10.3. The number of hydrogen-bond acceptors (Lipinski definition) is 3. The zero-order valence-corrected chi connectivity index (χ0v) is 9.63. The number of hydrogen-bond donors (Lipinski definition) is 1. The Kier molecular flexibility index (Phi) is 2.88. The van der Waals surface area contributed by atoms with Gasteiger partial charge in [-0.2, -0.15) is 0 Å². The van der Waals surface area contributed by atoms with Crippen molar-refractivity contribution in [2.24, 2.45) is 0 Å². The minimum atomic E-state index is -3.38. The molecular formula is C11H14FNO2S. The maximum absolute atomic E-state index is 12.8. The lowest BCUT2D eigenvalue weighted by Crippen LogP contribution is -2.19. The predicted octanol–water partition coefficient (Wildman–Crippen LogP) is 2.12. The van der Waals surface area contributed by atoms with Crippen LogP contribution in [0.3, 0.4) is 0 Å². The Morgan fingerprint density at radius 2 is 1.88 bits per heavy atom. The van der Waals surface area contributed by atoms with Gasteiger partial charge >= 0.3 is 0 Å². The van der Waals surface area contributed by atoms with Gasteiger partial charge in [-0.15, -0.1) is 0 Å². The summed E-state index contributed by atoms with van der Waals surface area (Å²) in [7, 11) is -3.38. The van der Waals surface area contributed by atoms with E-state index >= 15 is 0 Å². The molecule has 2 rings (SSSR count). The summed E-state index contributed by atoms with van der Waals surface area (Å²) in [5.74, 6) is -0.511. The third-order valence-corrected chi connectivity index (χ3v) is 5.35. The Labute approximate surface area is 94.4 Å². The molecule has 1 aromatic rings. The minimum Gasteiger partial charge on any atom is -0.398 e. The van der Waals surface area contributed by atoms with E-state index in [1.54, 1.807) is 0 Å². The molecule has 0 radical (unpaired) electrons. The Morgan fingerprint density at radius 1 is 1.25 bits per heavy atom. The Balaban J connectivity index is 2.42. The van der Waals surface area contributed by atoms with Crippen molar-refractivity contribution in [3.63, 3.8) is 0 Å². The summed E-state index contributed by atoms with van der Waals surface area (Å²) in [4.78, 5) is 0.0702. The van der Waals surface area contributed by atoms with E-state index in [1.165, 1.54) is 6.07 Å². The molecule has 1 fully saturated rings. The van der Waals surface area contributed by atoms with Crippen molar-refractivity contribution in [2.75, 3.05) is 5.73 Å². The van der Waals surface area contributed by atoms with Crippen LogP contribution in [-0.4, -0.2) is 13.7 Å². The molecule has 16 heavy (non-hydrogen) atoms. The monoisotopic (exact) mass is 243 g/mol. The highest BCUT2D eigenvalue weighted by atomic mass is 32.2. The van der Waals surface area contributed by atoms with Crippen LogP contribution >= 0.6 is 0 Å². The van der Waals surface area contributed by atoms with Gasteiger partial charge in [0.05, 0.1) is 15.8 Å². The molecule has 3 nitrogen and oxygen atoms in total. The zero-order chi connectivity index (χ0) is 11.8. The van der Waals surface area contributed by atoms with Crippen molar-refractivity contribution in [1.82, 2.24) is 0 Å². The fourth-order valence-electron chi connectivity index (χ4n) is 2.16. The second kappa shape index (κ2) is 4.05. The van der Waals surface area contributed by atoms with Crippen molar-refractivity contribution in [3.8, 4) is 0 Å². The second-order valence-corrected chi connectivity index (χ2v) is 6.33. The molecule has 2 N–H and O–H groups in total. The van der Waals surface area contributed by atoms with Crippen LogP contribution < -0.4 is 5.73 Å². The van der Waals surface area contributed by atoms with Gasteiger partial charge in [-0.1, -0.05) is 12.8 Å². The highest BCUT2D eigenvalue weighted by molar-refractivity contribution is 7.92. The molecule has 0 unspecified atom stereocenters. The van der Waals surface area contributed by atoms with Gasteiger partial charge in [-0.3, -0.25) is 0 Å². The van der Waals surface area contributed by atoms with E-state index in [0.717, 1.165) is 25.0 Å². The van der Waals surface area contributed by atoms with Crippen molar-refractivity contribution in [3.05, 3.63) is 24.0 Å². The third kappa shape index (κ3) is 1.91. The Hall–Kier alpha value is -1.10. The van der Waals surface area contributed by atoms with Gasteiger partial charge in [0.15, 0.2) is 9.84 Å². The molecule has 1 aliphatic rings. The number of nitrogen functional groups attached to an aromatic ring is 1. The van der Waals surface area contributed by atoms with Crippen LogP contribution in [0.4, 0.5) is 10.1 Å². The first-order valence-corrected chi connectivity index (χ1v) is 6.85. The standard InChI is InChI=1S/C11H14FNO2S/c12-8-5-6-11(10(13)7-8)16(14,15)9-3-1-2-4-9/h5-7,9H,1-4,13H2. The number of sulfone groups is 1. The molecule has 5 heteroatoms. The van der Waals surface area contributed by atoms with Crippen LogP contribution in [0.5, 0.6) is 0 Å². The first-order chi connectivity index (χ1) is 7.51. The van der Waals surface area contributed by atoms with Crippen LogP contribution in [0.1, 0.15) is 25.7 Å². The van der Waals surface area contributed by atoms with Gasteiger partial charge in [0.1, 0.15) is 5.82 Å². The van der Waals surface area contributed by atoms with E-state index in [2.05, 4.69) is 0 Å². The average molecular weight is 243 g/mol. The van der Waals surface area contributed by atoms with Crippen molar-refractivity contribution in [1.29, 1.82) is 0 Å². The first-order valence-electron chi connectivity index (χ1n) is 5.31. The summed E-state index contributed by atoms with van der Waals surface area (Å²) in [5.41, 5.74) is 5.56. The molecule has 1 aromatic carbocycles. The van der Waals surface area contributed by atoms with Crippen LogP contribution in [0.25, 0.3) is 0 Å². The average Bonchev–Trinajstić information content (AvgIpc) is 2.69. The zero-order valence-electron chi connectivity index (χ0n) is 8.82. The summed E-state index contributed by atoms with van der Waals surface area (Å²) in [6.45, 7) is 0. The quantitative estimate of drug-likeness (QED) is 0.639. The van der Waals surface area contributed by atoms with Gasteiger partial charge in [-0.05, 0) is 31.0 Å². The van der Waals surface area contributed by atoms with Crippen LogP contribution in [-0.2, 0) is 9.84 Å². The molecule has 0 spiro atoms. The molecule has 0 bridgehead atoms. The van der Waals surface area contributed by atoms with Crippen LogP contribution in [0.15, 0.2) is 23.1 Å². The lowest BCUT2D eigenvalue weighted by Gasteiger charge is -2.12. The molecule has 0 amide bonds. The summed E-state index contributed by atoms with van der Waals surface area (Å²) >= 11 is 0. The SMILES string of the molecule is Nc1cc(F)ccc1S(=O)(=O)C1CCCC1. The summed E-state index contributed by atoms with van der Waals surface area (Å²) in [6.07, 6.45) is 3.23.